The summed E-state index contributed by atoms with van der Waals surface area (Å²) in [7, 11) is -1.36. The minimum Gasteiger partial charge on any atom is -0.315 e. The number of benzene rings is 1. The Labute approximate surface area is 181 Å². The molecule has 2 unspecified atom stereocenters. The second kappa shape index (κ2) is 10.3. The molecule has 0 N–H and O–H groups in total. The van der Waals surface area contributed by atoms with E-state index in [1.54, 1.807) is 11.8 Å². The van der Waals surface area contributed by atoms with E-state index in [2.05, 4.69) is 11.5 Å². The van der Waals surface area contributed by atoms with Crippen molar-refractivity contribution in [3.05, 3.63) is 36.5 Å². The molecule has 3 nitrogen and oxygen atoms in total. The molecule has 0 aliphatic heterocycles. The summed E-state index contributed by atoms with van der Waals surface area (Å²) in [5.41, 5.74) is -3.33. The Morgan fingerprint density at radius 2 is 1.75 bits per heavy atom. The number of alkyl halides is 7. The SMILES string of the molecule is C=C[Si](C)(C)c1cccc(N(C)C(=O)C(C(F)(F)F)C(F)(CCCCOF)C(F)(F)F)c1. The highest BCUT2D eigenvalue weighted by Crippen LogP contribution is 2.50. The molecule has 0 saturated carbocycles. The molecule has 182 valence electrons. The lowest BCUT2D eigenvalue weighted by atomic mass is 9.82. The number of amides is 1. The second-order valence-corrected chi connectivity index (χ2v) is 12.4. The Balaban J connectivity index is 3.43. The van der Waals surface area contributed by atoms with Crippen molar-refractivity contribution in [1.29, 1.82) is 0 Å². The summed E-state index contributed by atoms with van der Waals surface area (Å²) in [5.74, 6) is -6.09. The maximum absolute atomic E-state index is 15.1. The van der Waals surface area contributed by atoms with Crippen LogP contribution in [-0.4, -0.2) is 45.7 Å². The third-order valence-corrected chi connectivity index (χ3v) is 8.15. The molecular formula is C20H25F8NO2Si. The topological polar surface area (TPSA) is 29.5 Å². The van der Waals surface area contributed by atoms with Crippen molar-refractivity contribution < 1.29 is 45.0 Å². The summed E-state index contributed by atoms with van der Waals surface area (Å²) in [6.45, 7) is 6.74. The first-order chi connectivity index (χ1) is 14.5. The quantitative estimate of drug-likeness (QED) is 0.235. The largest absolute Gasteiger partial charge is 0.423 e. The molecule has 0 aliphatic rings. The van der Waals surface area contributed by atoms with E-state index in [1.165, 1.54) is 18.2 Å². The molecule has 1 aromatic rings. The van der Waals surface area contributed by atoms with E-state index in [0.29, 0.717) is 10.1 Å². The van der Waals surface area contributed by atoms with Gasteiger partial charge in [-0.3, -0.25) is 4.79 Å². The Hall–Kier alpha value is -1.95. The molecule has 0 heterocycles. The van der Waals surface area contributed by atoms with Gasteiger partial charge < -0.3 is 4.90 Å². The van der Waals surface area contributed by atoms with Crippen LogP contribution in [0.4, 0.5) is 40.9 Å². The second-order valence-electron chi connectivity index (χ2n) is 7.98. The van der Waals surface area contributed by atoms with Crippen LogP contribution in [0.5, 0.6) is 0 Å². The molecular weight excluding hydrogens is 466 g/mol. The molecule has 32 heavy (non-hydrogen) atoms. The van der Waals surface area contributed by atoms with Gasteiger partial charge in [0.1, 0.15) is 8.07 Å². The van der Waals surface area contributed by atoms with Gasteiger partial charge in [0.05, 0.1) is 6.61 Å². The summed E-state index contributed by atoms with van der Waals surface area (Å²) < 4.78 is 108. The highest BCUT2D eigenvalue weighted by atomic mass is 28.3. The van der Waals surface area contributed by atoms with Gasteiger partial charge in [0.2, 0.25) is 11.6 Å². The van der Waals surface area contributed by atoms with Crippen LogP contribution in [-0.2, 0) is 9.74 Å². The number of nitrogens with zero attached hydrogens (tertiary/aromatic N) is 1. The van der Waals surface area contributed by atoms with Gasteiger partial charge in [-0.1, -0.05) is 36.1 Å². The normalized spacial score (nSPS) is 15.7. The summed E-state index contributed by atoms with van der Waals surface area (Å²) >= 11 is 0. The lowest BCUT2D eigenvalue weighted by Crippen LogP contribution is -2.59. The first-order valence-electron chi connectivity index (χ1n) is 9.60. The van der Waals surface area contributed by atoms with Crippen molar-refractivity contribution in [2.45, 2.75) is 50.4 Å². The molecule has 12 heteroatoms. The van der Waals surface area contributed by atoms with Crippen molar-refractivity contribution >= 4 is 24.9 Å². The van der Waals surface area contributed by atoms with Crippen LogP contribution in [0.25, 0.3) is 0 Å². The number of carbonyl (C=O) groups is 1. The molecule has 1 aromatic carbocycles. The fourth-order valence-corrected chi connectivity index (χ4v) is 4.42. The molecule has 0 fully saturated rings. The van der Waals surface area contributed by atoms with Gasteiger partial charge in [0.25, 0.3) is 0 Å². The van der Waals surface area contributed by atoms with Crippen LogP contribution in [0.3, 0.4) is 0 Å². The van der Waals surface area contributed by atoms with Crippen molar-refractivity contribution in [3.8, 4) is 0 Å². The molecule has 0 radical (unpaired) electrons. The smallest absolute Gasteiger partial charge is 0.315 e. The summed E-state index contributed by atoms with van der Waals surface area (Å²) in [4.78, 5) is 16.2. The van der Waals surface area contributed by atoms with Gasteiger partial charge in [-0.05, 0) is 35.9 Å². The Bertz CT molecular complexity index is 797. The zero-order chi connectivity index (χ0) is 25.0. The molecule has 0 aromatic heterocycles. The average molecular weight is 491 g/mol. The zero-order valence-corrected chi connectivity index (χ0v) is 18.8. The van der Waals surface area contributed by atoms with Gasteiger partial charge in [-0.25, -0.2) is 4.39 Å². The lowest BCUT2D eigenvalue weighted by Gasteiger charge is -2.37. The average Bonchev–Trinajstić information content (AvgIpc) is 2.68. The van der Waals surface area contributed by atoms with Crippen LogP contribution in [0.15, 0.2) is 36.5 Å². The van der Waals surface area contributed by atoms with Gasteiger partial charge in [0.15, 0.2) is 5.92 Å². The number of carbonyl (C=O) groups excluding carboxylic acids is 1. The highest BCUT2D eigenvalue weighted by molar-refractivity contribution is 6.93. The third-order valence-electron chi connectivity index (χ3n) is 5.33. The predicted molar refractivity (Wildman–Crippen MR) is 108 cm³/mol. The van der Waals surface area contributed by atoms with Crippen molar-refractivity contribution in [2.75, 3.05) is 18.6 Å². The van der Waals surface area contributed by atoms with Gasteiger partial charge in [-0.15, -0.1) is 6.58 Å². The molecule has 2 atom stereocenters. The van der Waals surface area contributed by atoms with Crippen molar-refractivity contribution in [1.82, 2.24) is 0 Å². The summed E-state index contributed by atoms with van der Waals surface area (Å²) in [6.07, 6.45) is -14.8. The molecule has 0 saturated heterocycles. The number of hydrogen-bond acceptors (Lipinski definition) is 2. The number of anilines is 1. The van der Waals surface area contributed by atoms with Crippen LogP contribution in [0.1, 0.15) is 19.3 Å². The van der Waals surface area contributed by atoms with Crippen LogP contribution >= 0.6 is 0 Å². The summed E-state index contributed by atoms with van der Waals surface area (Å²) in [5, 5.41) is 0.668. The van der Waals surface area contributed by atoms with E-state index in [0.717, 1.165) is 7.05 Å². The number of rotatable bonds is 10. The van der Waals surface area contributed by atoms with E-state index >= 15 is 4.39 Å². The third kappa shape index (κ3) is 6.30. The number of unbranched alkanes of at least 4 members (excludes halogenated alkanes) is 1. The van der Waals surface area contributed by atoms with Crippen LogP contribution < -0.4 is 10.1 Å². The van der Waals surface area contributed by atoms with Gasteiger partial charge >= 0.3 is 12.4 Å². The fraction of sp³-hybridized carbons (Fsp3) is 0.550. The lowest BCUT2D eigenvalue weighted by molar-refractivity contribution is -0.295. The number of halogens is 8. The molecule has 1 amide bonds. The molecule has 0 aliphatic carbocycles. The maximum atomic E-state index is 15.1. The van der Waals surface area contributed by atoms with E-state index in [-0.39, 0.29) is 5.69 Å². The van der Waals surface area contributed by atoms with Gasteiger partial charge in [-0.2, -0.15) is 31.3 Å². The van der Waals surface area contributed by atoms with Crippen LogP contribution in [0.2, 0.25) is 13.1 Å². The van der Waals surface area contributed by atoms with Crippen molar-refractivity contribution in [3.63, 3.8) is 0 Å². The molecule has 0 bridgehead atoms. The Morgan fingerprint density at radius 3 is 2.22 bits per heavy atom. The predicted octanol–water partition coefficient (Wildman–Crippen LogP) is 5.81. The Morgan fingerprint density at radius 1 is 1.16 bits per heavy atom. The first-order valence-corrected chi connectivity index (χ1v) is 12.7. The standard InChI is InChI=1S/C20H25F8NO2Si/c1-5-32(3,4)15-10-8-9-14(13-15)29(2)17(30)16(19(22,23)24)18(21,20(25,26)27)11-6-7-12-31-28/h5,8-10,13,16H,1,6-7,11-12H2,2-4H3. The van der Waals surface area contributed by atoms with E-state index in [1.807, 2.05) is 13.1 Å². The highest BCUT2D eigenvalue weighted by Gasteiger charge is 2.70. The summed E-state index contributed by atoms with van der Waals surface area (Å²) in [6, 6.07) is 5.73. The van der Waals surface area contributed by atoms with E-state index < -0.39 is 63.8 Å². The molecule has 0 spiro atoms. The Kier molecular flexibility index (Phi) is 9.06. The monoisotopic (exact) mass is 491 g/mol. The number of hydrogen-bond donors (Lipinski definition) is 0. The van der Waals surface area contributed by atoms with Gasteiger partial charge in [0, 0.05) is 12.7 Å². The minimum absolute atomic E-state index is 0.112. The zero-order valence-electron chi connectivity index (χ0n) is 17.8. The van der Waals surface area contributed by atoms with Crippen molar-refractivity contribution in [2.24, 2.45) is 5.92 Å². The maximum Gasteiger partial charge on any atom is 0.423 e. The van der Waals surface area contributed by atoms with Crippen LogP contribution in [0, 0.1) is 5.92 Å². The minimum atomic E-state index is -6.00. The molecule has 1 rings (SSSR count). The van der Waals surface area contributed by atoms with E-state index in [9.17, 15) is 35.7 Å². The van der Waals surface area contributed by atoms with E-state index in [4.69, 9.17) is 0 Å². The first kappa shape index (κ1) is 28.1. The fourth-order valence-electron chi connectivity index (χ4n) is 3.14.